The first-order chi connectivity index (χ1) is 54.7. The number of ether oxygens (including phenoxy) is 7. The molecule has 2 N–H and O–H groups in total. The summed E-state index contributed by atoms with van der Waals surface area (Å²) in [5, 5.41) is 32.2. The number of carbonyl (C=O) groups excluding carboxylic acids is 2. The quantitative estimate of drug-likeness (QED) is 0.0366. The Kier molecular flexibility index (Phi) is 45.9. The molecule has 0 saturated carbocycles. The van der Waals surface area contributed by atoms with Crippen LogP contribution in [0, 0.1) is 34.5 Å². The SMILES string of the molecule is BrCCOCCBr.N#CC1(c2ccc(Cl)cc2)CCOCC1.N#CCc1ccc(Cl)cc1.O=C(N1CCCC(COc2ccc(C(F)(F)F)cc2)C1)C1(c2ccc(Cl)cc2)CCOCC1.O=C(N1CCCC(COc2ccc(C(F)(F)F)cc2)C1)C1(c2ccc(Cl)cc2)CCOCC1.O=C(O)C1(c2ccc(Cl)cc2)CCOCC1.[H-].[K+].[Na+].[OH-]. The smallest absolute Gasteiger partial charge is 1.00 e. The van der Waals surface area contributed by atoms with Crippen molar-refractivity contribution in [3.63, 3.8) is 0 Å². The molecule has 6 aliphatic rings. The number of halogens is 13. The Bertz CT molecular complexity index is 4030. The van der Waals surface area contributed by atoms with E-state index in [-0.39, 0.29) is 117 Å². The zero-order valence-corrected chi connectivity index (χ0v) is 77.5. The number of hydrogen-bond acceptors (Lipinski definition) is 13. The summed E-state index contributed by atoms with van der Waals surface area (Å²) in [6.45, 7) is 9.27. The molecule has 16 nitrogen and oxygen atoms in total. The molecule has 117 heavy (non-hydrogen) atoms. The zero-order valence-electron chi connectivity index (χ0n) is 66.4. The van der Waals surface area contributed by atoms with Gasteiger partial charge in [0.1, 0.15) is 11.5 Å². The van der Waals surface area contributed by atoms with Gasteiger partial charge in [-0.15, -0.1) is 0 Å². The molecule has 624 valence electrons. The van der Waals surface area contributed by atoms with E-state index >= 15 is 0 Å². The first kappa shape index (κ1) is 103. The molecule has 0 radical (unpaired) electrons. The number of rotatable bonds is 18. The van der Waals surface area contributed by atoms with Crippen molar-refractivity contribution in [2.24, 2.45) is 11.8 Å². The second-order valence-corrected chi connectivity index (χ2v) is 32.1. The van der Waals surface area contributed by atoms with Gasteiger partial charge in [-0.1, -0.05) is 151 Å². The molecule has 0 spiro atoms. The summed E-state index contributed by atoms with van der Waals surface area (Å²) in [5.41, 5.74) is 0.967. The van der Waals surface area contributed by atoms with Crippen molar-refractivity contribution in [3.05, 3.63) is 234 Å². The standard InChI is InChI=1S/2C25H27ClF3NO3.C12H12ClNO.C12H13ClO3.C8H6ClN.C4H8Br2O.K.Na.H2O.H/c2*26-21-7-3-19(4-8-21)24(11-14-32-15-12-24)23(31)30-13-1-2-18(16-30)17-33-22-9-5-20(6-10-22)25(27,28)29;13-11-3-1-10(2-4-11)12(9-14)5-7-15-8-6-12;13-10-3-1-9(2-4-10)12(11(14)15)5-7-16-8-6-12;9-8-3-1-7(2-4-8)5-6-10;5-1-3-7-4-2-6;;;;/h2*3-10,18H,1-2,11-17H2;1-4H,5-8H2;1-4H,5-8H2,(H,14,15);1-4H,5H2;1-4H2;;;1H2;/q;;;;;;2*+1;;-1/p-1. The first-order valence-corrected chi connectivity index (χ1v) is 41.8. The summed E-state index contributed by atoms with van der Waals surface area (Å²) >= 11 is 35.9. The molecule has 31 heteroatoms. The number of alkyl halides is 8. The van der Waals surface area contributed by atoms with Gasteiger partial charge in [0.05, 0.1) is 77.8 Å². The Hall–Kier alpha value is -4.08. The Balaban J connectivity index is 0.000000318. The second-order valence-electron chi connectivity index (χ2n) is 28.4. The van der Waals surface area contributed by atoms with E-state index in [1.54, 1.807) is 36.4 Å². The fraction of sp³-hybridized carbons (Fsp3) is 0.453. The van der Waals surface area contributed by atoms with Crippen LogP contribution in [0.1, 0.15) is 117 Å². The van der Waals surface area contributed by atoms with Crippen molar-refractivity contribution in [1.82, 2.24) is 9.80 Å². The van der Waals surface area contributed by atoms with Crippen LogP contribution in [-0.2, 0) is 78.5 Å². The van der Waals surface area contributed by atoms with Crippen LogP contribution in [0.25, 0.3) is 0 Å². The summed E-state index contributed by atoms with van der Waals surface area (Å²) in [4.78, 5) is 42.9. The minimum atomic E-state index is -4.37. The van der Waals surface area contributed by atoms with Crippen molar-refractivity contribution in [2.75, 3.05) is 116 Å². The molecule has 2 amide bonds. The van der Waals surface area contributed by atoms with E-state index in [0.29, 0.717) is 174 Å². The van der Waals surface area contributed by atoms with Gasteiger partial charge in [0, 0.05) is 127 Å². The Morgan fingerprint density at radius 3 is 1.08 bits per heavy atom. The molecule has 6 fully saturated rings. The summed E-state index contributed by atoms with van der Waals surface area (Å²) in [7, 11) is 0. The number of piperidine rings is 2. The number of aliphatic carboxylic acids is 1. The second kappa shape index (κ2) is 51.9. The van der Waals surface area contributed by atoms with Crippen molar-refractivity contribution in [1.29, 1.82) is 10.5 Å². The molecule has 6 heterocycles. The van der Waals surface area contributed by atoms with Gasteiger partial charge in [-0.3, -0.25) is 14.4 Å². The monoisotopic (exact) mass is 1880 g/mol. The number of carboxylic acid groups (broad SMARTS) is 1. The van der Waals surface area contributed by atoms with E-state index < -0.39 is 45.7 Å². The van der Waals surface area contributed by atoms with E-state index in [1.165, 1.54) is 24.3 Å². The average Bonchev–Trinajstić information content (AvgIpc) is 0.778. The van der Waals surface area contributed by atoms with E-state index in [0.717, 1.165) is 114 Å². The fourth-order valence-electron chi connectivity index (χ4n) is 14.5. The van der Waals surface area contributed by atoms with Crippen LogP contribution in [0.5, 0.6) is 11.5 Å². The largest absolute Gasteiger partial charge is 1.00 e. The van der Waals surface area contributed by atoms with Crippen LogP contribution in [0.3, 0.4) is 0 Å². The molecule has 7 aromatic rings. The van der Waals surface area contributed by atoms with Gasteiger partial charge in [-0.2, -0.15) is 36.9 Å². The number of hydrogen-bond donors (Lipinski definition) is 1. The van der Waals surface area contributed by atoms with Crippen molar-refractivity contribution < 1.29 is 167 Å². The Morgan fingerprint density at radius 1 is 0.479 bits per heavy atom. The molecule has 2 unspecified atom stereocenters. The van der Waals surface area contributed by atoms with Crippen LogP contribution in [0.4, 0.5) is 26.3 Å². The van der Waals surface area contributed by atoms with Gasteiger partial charge >= 0.3 is 99.3 Å². The molecule has 2 atom stereocenters. The van der Waals surface area contributed by atoms with Crippen molar-refractivity contribution in [3.8, 4) is 23.6 Å². The van der Waals surface area contributed by atoms with Gasteiger partial charge in [0.25, 0.3) is 0 Å². The van der Waals surface area contributed by atoms with E-state index in [4.69, 9.17) is 96.4 Å². The first-order valence-electron chi connectivity index (χ1n) is 37.7. The summed E-state index contributed by atoms with van der Waals surface area (Å²) in [6.07, 6.45) is 0.310. The maximum absolute atomic E-state index is 13.8. The van der Waals surface area contributed by atoms with Crippen molar-refractivity contribution >= 4 is 108 Å². The number of nitriles is 2. The third kappa shape index (κ3) is 31.3. The predicted octanol–water partition coefficient (Wildman–Crippen LogP) is 15.0. The predicted molar refractivity (Wildman–Crippen MR) is 441 cm³/mol. The summed E-state index contributed by atoms with van der Waals surface area (Å²) < 4.78 is 115. The normalized spacial score (nSPS) is 18.3. The van der Waals surface area contributed by atoms with Crippen LogP contribution in [-0.4, -0.2) is 154 Å². The summed E-state index contributed by atoms with van der Waals surface area (Å²) in [5.74, 6) is 0.457. The minimum Gasteiger partial charge on any atom is -1.00 e. The van der Waals surface area contributed by atoms with Crippen LogP contribution in [0.15, 0.2) is 170 Å². The number of likely N-dealkylation sites (tertiary alicyclic amines) is 2. The molecule has 13 rings (SSSR count). The molecule has 0 bridgehead atoms. The topological polar surface area (TPSA) is 220 Å². The average molecular weight is 1890 g/mol. The number of carbonyl (C=O) groups is 3. The fourth-order valence-corrected chi connectivity index (χ4v) is 15.6. The van der Waals surface area contributed by atoms with Gasteiger partial charge in [0.2, 0.25) is 11.8 Å². The Morgan fingerprint density at radius 2 is 0.778 bits per heavy atom. The van der Waals surface area contributed by atoms with Crippen molar-refractivity contribution in [2.45, 2.75) is 117 Å². The maximum atomic E-state index is 13.8. The van der Waals surface area contributed by atoms with Crippen LogP contribution >= 0.6 is 89.9 Å². The van der Waals surface area contributed by atoms with Gasteiger partial charge in [-0.05, 0) is 214 Å². The third-order valence-corrected chi connectivity index (χ3v) is 22.9. The Labute approximate surface area is 789 Å². The van der Waals surface area contributed by atoms with E-state index in [1.807, 2.05) is 94.7 Å². The number of nitrogens with zero attached hydrogens (tertiary/aromatic N) is 4. The third-order valence-electron chi connectivity index (χ3n) is 21.0. The number of carboxylic acids is 1. The number of benzene rings is 7. The van der Waals surface area contributed by atoms with Gasteiger partial charge in [0.15, 0.2) is 0 Å². The van der Waals surface area contributed by atoms with E-state index in [9.17, 15) is 51.1 Å². The molecule has 6 aliphatic heterocycles. The zero-order chi connectivity index (χ0) is 82.2. The molecule has 0 aliphatic carbocycles. The van der Waals surface area contributed by atoms with E-state index in [2.05, 4.69) is 44.0 Å². The van der Waals surface area contributed by atoms with Crippen LogP contribution < -0.4 is 90.4 Å². The molecule has 7 aromatic carbocycles. The van der Waals surface area contributed by atoms with Gasteiger partial charge in [-0.25, -0.2) is 0 Å². The van der Waals surface area contributed by atoms with Crippen LogP contribution in [0.2, 0.25) is 25.1 Å². The molecule has 0 aromatic heterocycles. The van der Waals surface area contributed by atoms with Gasteiger partial charge < -0.3 is 55.0 Å². The minimum absolute atomic E-state index is 0. The molecular formula is C86H95Br2Cl5F6KN4NaO12. The number of amides is 2. The molecular weight excluding hydrogens is 1790 g/mol. The molecule has 6 saturated heterocycles. The summed E-state index contributed by atoms with van der Waals surface area (Å²) in [6, 6.07) is 50.8. The maximum Gasteiger partial charge on any atom is 1.00 e.